The number of hydrogen-bond acceptors (Lipinski definition) is 6. The Kier molecular flexibility index (Phi) is 4.96. The summed E-state index contributed by atoms with van der Waals surface area (Å²) in [5, 5.41) is 6.73. The minimum absolute atomic E-state index is 0.270. The zero-order valence-electron chi connectivity index (χ0n) is 18.7. The summed E-state index contributed by atoms with van der Waals surface area (Å²) < 4.78 is 5.21. The lowest BCUT2D eigenvalue weighted by Crippen LogP contribution is -2.44. The van der Waals surface area contributed by atoms with E-state index in [4.69, 9.17) is 16.3 Å². The van der Waals surface area contributed by atoms with E-state index in [9.17, 15) is 14.4 Å². The van der Waals surface area contributed by atoms with Crippen molar-refractivity contribution in [2.45, 2.75) is 12.1 Å². The van der Waals surface area contributed by atoms with Gasteiger partial charge in [0.2, 0.25) is 11.8 Å². The molecule has 0 N–H and O–H groups in total. The lowest BCUT2D eigenvalue weighted by atomic mass is 9.83. The Morgan fingerprint density at radius 2 is 1.60 bits per heavy atom. The van der Waals surface area contributed by atoms with Gasteiger partial charge in [-0.05, 0) is 59.7 Å². The monoisotopic (exact) mass is 485 g/mol. The molecule has 4 atom stereocenters. The number of ketones is 1. The molecule has 1 unspecified atom stereocenters. The molecule has 0 radical (unpaired) electrons. The van der Waals surface area contributed by atoms with E-state index >= 15 is 0 Å². The van der Waals surface area contributed by atoms with E-state index in [-0.39, 0.29) is 11.7 Å². The Hall–Kier alpha value is -3.97. The smallest absolute Gasteiger partial charge is 0.240 e. The van der Waals surface area contributed by atoms with Gasteiger partial charge in [-0.2, -0.15) is 5.10 Å². The second kappa shape index (κ2) is 8.06. The number of hydrazone groups is 1. The van der Waals surface area contributed by atoms with Gasteiger partial charge in [-0.25, -0.2) is 4.90 Å². The number of carbonyl (C=O) groups excluding carboxylic acids is 3. The number of carbonyl (C=O) groups is 3. The molecule has 2 fully saturated rings. The standard InChI is InChI=1S/C27H20ClN3O4/c1-35-19-12-10-18(11-13-19)30-26(33)21-22(27(30)34)24(25(32)15-6-8-17(28)9-7-15)31-23(21)20-5-3-2-4-16(20)14-29-31/h2-14,21-24H,1H3/t21-,22+,23?,24-/m0/s1. The molecule has 3 aromatic carbocycles. The molecule has 3 heterocycles. The van der Waals surface area contributed by atoms with Crippen LogP contribution in [0.2, 0.25) is 5.02 Å². The molecule has 2 amide bonds. The number of benzene rings is 3. The predicted octanol–water partition coefficient (Wildman–Crippen LogP) is 4.11. The molecule has 0 spiro atoms. The quantitative estimate of drug-likeness (QED) is 0.410. The lowest BCUT2D eigenvalue weighted by molar-refractivity contribution is -0.124. The van der Waals surface area contributed by atoms with Crippen molar-refractivity contribution in [2.24, 2.45) is 16.9 Å². The Morgan fingerprint density at radius 3 is 2.31 bits per heavy atom. The van der Waals surface area contributed by atoms with Gasteiger partial charge >= 0.3 is 0 Å². The Labute approximate surface area is 206 Å². The number of halogens is 1. The van der Waals surface area contributed by atoms with Gasteiger partial charge in [0.05, 0.1) is 36.9 Å². The van der Waals surface area contributed by atoms with E-state index < -0.39 is 29.8 Å². The number of Topliss-reactive ketones (excluding diaryl/α,β-unsaturated/α-hetero) is 1. The zero-order chi connectivity index (χ0) is 24.3. The van der Waals surface area contributed by atoms with Crippen molar-refractivity contribution < 1.29 is 19.1 Å². The Balaban J connectivity index is 1.47. The SMILES string of the molecule is COc1ccc(N2C(=O)[C@@H]3[C@H](C2=O)C2c4ccccc4C=NN2[C@@H]3C(=O)c2ccc(Cl)cc2)cc1. The summed E-state index contributed by atoms with van der Waals surface area (Å²) in [5.74, 6) is -2.01. The van der Waals surface area contributed by atoms with Crippen molar-refractivity contribution in [3.63, 3.8) is 0 Å². The highest BCUT2D eigenvalue weighted by atomic mass is 35.5. The fourth-order valence-corrected chi connectivity index (χ4v) is 5.57. The molecule has 8 heteroatoms. The molecule has 7 nitrogen and oxygen atoms in total. The summed E-state index contributed by atoms with van der Waals surface area (Å²) in [6.45, 7) is 0. The fraction of sp³-hybridized carbons (Fsp3) is 0.185. The molecule has 3 aliphatic heterocycles. The van der Waals surface area contributed by atoms with Crippen molar-refractivity contribution in [1.82, 2.24) is 5.01 Å². The van der Waals surface area contributed by atoms with Crippen LogP contribution in [0.3, 0.4) is 0 Å². The molecular weight excluding hydrogens is 466 g/mol. The summed E-state index contributed by atoms with van der Waals surface area (Å²) in [5.41, 5.74) is 2.61. The molecule has 3 aliphatic rings. The van der Waals surface area contributed by atoms with E-state index in [1.807, 2.05) is 24.3 Å². The van der Waals surface area contributed by atoms with Gasteiger partial charge in [0.1, 0.15) is 11.8 Å². The van der Waals surface area contributed by atoms with Crippen LogP contribution in [0.25, 0.3) is 0 Å². The number of fused-ring (bicyclic) bond motifs is 5. The maximum atomic E-state index is 13.8. The molecule has 0 aromatic heterocycles. The molecule has 2 saturated heterocycles. The van der Waals surface area contributed by atoms with Crippen LogP contribution in [-0.2, 0) is 9.59 Å². The second-order valence-corrected chi connectivity index (χ2v) is 9.21. The van der Waals surface area contributed by atoms with Crippen LogP contribution in [0.5, 0.6) is 5.75 Å². The third kappa shape index (κ3) is 3.19. The van der Waals surface area contributed by atoms with E-state index in [1.54, 1.807) is 66.9 Å². The summed E-state index contributed by atoms with van der Waals surface area (Å²) >= 11 is 6.02. The number of hydrogen-bond donors (Lipinski definition) is 0. The summed E-state index contributed by atoms with van der Waals surface area (Å²) in [6.07, 6.45) is 1.69. The molecule has 0 saturated carbocycles. The molecule has 0 aliphatic carbocycles. The predicted molar refractivity (Wildman–Crippen MR) is 131 cm³/mol. The molecule has 35 heavy (non-hydrogen) atoms. The van der Waals surface area contributed by atoms with E-state index in [2.05, 4.69) is 5.10 Å². The first-order chi connectivity index (χ1) is 17.0. The third-order valence-corrected chi connectivity index (χ3v) is 7.27. The molecule has 0 bridgehead atoms. The van der Waals surface area contributed by atoms with Crippen LogP contribution >= 0.6 is 11.6 Å². The zero-order valence-corrected chi connectivity index (χ0v) is 19.4. The van der Waals surface area contributed by atoms with Crippen molar-refractivity contribution in [3.05, 3.63) is 94.5 Å². The molecular formula is C27H20ClN3O4. The summed E-state index contributed by atoms with van der Waals surface area (Å²) in [6, 6.07) is 19.5. The number of anilines is 1. The van der Waals surface area contributed by atoms with Crippen molar-refractivity contribution >= 4 is 41.1 Å². The first-order valence-electron chi connectivity index (χ1n) is 11.2. The van der Waals surface area contributed by atoms with Crippen molar-refractivity contribution in [2.75, 3.05) is 12.0 Å². The Bertz CT molecular complexity index is 1390. The normalized spacial score (nSPS) is 24.3. The average molecular weight is 486 g/mol. The molecule has 3 aromatic rings. The van der Waals surface area contributed by atoms with Crippen LogP contribution in [0.4, 0.5) is 5.69 Å². The number of nitrogens with zero attached hydrogens (tertiary/aromatic N) is 3. The minimum atomic E-state index is -0.921. The highest BCUT2D eigenvalue weighted by Gasteiger charge is 2.65. The van der Waals surface area contributed by atoms with Crippen LogP contribution in [-0.4, -0.2) is 42.0 Å². The van der Waals surface area contributed by atoms with E-state index in [0.29, 0.717) is 22.0 Å². The van der Waals surface area contributed by atoms with Crippen LogP contribution in [0.1, 0.15) is 27.5 Å². The third-order valence-electron chi connectivity index (χ3n) is 7.02. The van der Waals surface area contributed by atoms with Gasteiger partial charge in [-0.1, -0.05) is 35.9 Å². The van der Waals surface area contributed by atoms with Crippen LogP contribution in [0.15, 0.2) is 77.9 Å². The van der Waals surface area contributed by atoms with Crippen LogP contribution < -0.4 is 9.64 Å². The van der Waals surface area contributed by atoms with Gasteiger partial charge in [0.15, 0.2) is 5.78 Å². The van der Waals surface area contributed by atoms with Gasteiger partial charge < -0.3 is 4.74 Å². The first-order valence-corrected chi connectivity index (χ1v) is 11.6. The number of rotatable bonds is 4. The maximum absolute atomic E-state index is 13.8. The first kappa shape index (κ1) is 21.6. The van der Waals surface area contributed by atoms with E-state index in [1.165, 1.54) is 4.90 Å². The number of imide groups is 1. The lowest BCUT2D eigenvalue weighted by Gasteiger charge is -2.33. The van der Waals surface area contributed by atoms with E-state index in [0.717, 1.165) is 11.1 Å². The molecule has 174 valence electrons. The van der Waals surface area contributed by atoms with Gasteiger partial charge in [-0.15, -0.1) is 0 Å². The minimum Gasteiger partial charge on any atom is -0.497 e. The number of amides is 2. The topological polar surface area (TPSA) is 79.3 Å². The number of ether oxygens (including phenoxy) is 1. The number of methoxy groups -OCH3 is 1. The summed E-state index contributed by atoms with van der Waals surface area (Å²) in [7, 11) is 1.55. The van der Waals surface area contributed by atoms with Crippen LogP contribution in [0, 0.1) is 11.8 Å². The van der Waals surface area contributed by atoms with Crippen molar-refractivity contribution in [3.8, 4) is 5.75 Å². The largest absolute Gasteiger partial charge is 0.497 e. The van der Waals surface area contributed by atoms with Gasteiger partial charge in [0, 0.05) is 10.6 Å². The highest BCUT2D eigenvalue weighted by Crippen LogP contribution is 2.53. The Morgan fingerprint density at radius 1 is 0.914 bits per heavy atom. The second-order valence-electron chi connectivity index (χ2n) is 8.78. The van der Waals surface area contributed by atoms with Gasteiger partial charge in [-0.3, -0.25) is 19.4 Å². The fourth-order valence-electron chi connectivity index (χ4n) is 5.44. The highest BCUT2D eigenvalue weighted by molar-refractivity contribution is 6.30. The van der Waals surface area contributed by atoms with Crippen molar-refractivity contribution in [1.29, 1.82) is 0 Å². The molecule has 6 rings (SSSR count). The maximum Gasteiger partial charge on any atom is 0.240 e. The summed E-state index contributed by atoms with van der Waals surface area (Å²) in [4.78, 5) is 42.7. The average Bonchev–Trinajstić information content (AvgIpc) is 3.36. The van der Waals surface area contributed by atoms with Gasteiger partial charge in [0.25, 0.3) is 0 Å².